The fourth-order valence-corrected chi connectivity index (χ4v) is 2.16. The molecule has 0 N–H and O–H groups in total. The van der Waals surface area contributed by atoms with Crippen LogP contribution < -0.4 is 9.47 Å². The maximum absolute atomic E-state index is 9.09. The van der Waals surface area contributed by atoms with E-state index in [2.05, 4.69) is 11.1 Å². The molecule has 0 saturated heterocycles. The van der Waals surface area contributed by atoms with Crippen LogP contribution >= 0.6 is 0 Å². The molecule has 1 aromatic heterocycles. The quantitative estimate of drug-likeness (QED) is 0.783. The van der Waals surface area contributed by atoms with Gasteiger partial charge in [0, 0.05) is 19.0 Å². The molecule has 2 heterocycles. The summed E-state index contributed by atoms with van der Waals surface area (Å²) < 4.78 is 13.1. The number of aromatic nitrogens is 2. The van der Waals surface area contributed by atoms with Crippen LogP contribution in [0, 0.1) is 11.3 Å². The molecule has 3 rings (SSSR count). The standard InChI is InChI=1S/C14H13N3O2/c1-17-9-16-11(8-15)14(17)10-3-4-12-13(7-10)19-6-2-5-18-12/h3-4,7,9H,2,5-6H2,1H3. The predicted octanol–water partition coefficient (Wildman–Crippen LogP) is 2.12. The van der Waals surface area contributed by atoms with Gasteiger partial charge in [-0.05, 0) is 18.2 Å². The highest BCUT2D eigenvalue weighted by molar-refractivity contribution is 5.68. The topological polar surface area (TPSA) is 60.1 Å². The Morgan fingerprint density at radius 3 is 2.84 bits per heavy atom. The smallest absolute Gasteiger partial charge is 0.166 e. The highest BCUT2D eigenvalue weighted by Crippen LogP contribution is 2.34. The lowest BCUT2D eigenvalue weighted by Gasteiger charge is -2.10. The van der Waals surface area contributed by atoms with Crippen LogP contribution in [-0.2, 0) is 7.05 Å². The fourth-order valence-electron chi connectivity index (χ4n) is 2.16. The molecule has 0 saturated carbocycles. The van der Waals surface area contributed by atoms with Crippen molar-refractivity contribution in [3.8, 4) is 28.8 Å². The first kappa shape index (κ1) is 11.6. The first-order chi connectivity index (χ1) is 9.29. The maximum Gasteiger partial charge on any atom is 0.166 e. The number of hydrogen-bond donors (Lipinski definition) is 0. The summed E-state index contributed by atoms with van der Waals surface area (Å²) in [4.78, 5) is 4.07. The van der Waals surface area contributed by atoms with E-state index in [1.165, 1.54) is 0 Å². The molecule has 1 aliphatic heterocycles. The molecule has 5 heteroatoms. The summed E-state index contributed by atoms with van der Waals surface area (Å²) in [6.07, 6.45) is 2.51. The molecule has 0 radical (unpaired) electrons. The molecule has 1 aromatic carbocycles. The van der Waals surface area contributed by atoms with Crippen molar-refractivity contribution in [2.45, 2.75) is 6.42 Å². The number of ether oxygens (including phenoxy) is 2. The van der Waals surface area contributed by atoms with Gasteiger partial charge in [-0.2, -0.15) is 5.26 Å². The number of fused-ring (bicyclic) bond motifs is 1. The summed E-state index contributed by atoms with van der Waals surface area (Å²) >= 11 is 0. The van der Waals surface area contributed by atoms with Crippen molar-refractivity contribution in [2.24, 2.45) is 7.05 Å². The molecule has 0 bridgehead atoms. The Bertz CT molecular complexity index is 655. The average molecular weight is 255 g/mol. The second-order valence-corrected chi connectivity index (χ2v) is 4.38. The van der Waals surface area contributed by atoms with E-state index in [0.717, 1.165) is 29.2 Å². The highest BCUT2D eigenvalue weighted by Gasteiger charge is 2.15. The number of nitriles is 1. The lowest BCUT2D eigenvalue weighted by Crippen LogP contribution is -1.97. The van der Waals surface area contributed by atoms with Crippen molar-refractivity contribution < 1.29 is 9.47 Å². The number of benzene rings is 1. The van der Waals surface area contributed by atoms with Gasteiger partial charge >= 0.3 is 0 Å². The number of imidazole rings is 1. The van der Waals surface area contributed by atoms with Gasteiger partial charge in [0.15, 0.2) is 17.2 Å². The fraction of sp³-hybridized carbons (Fsp3) is 0.286. The number of rotatable bonds is 1. The largest absolute Gasteiger partial charge is 0.490 e. The Hall–Kier alpha value is -2.48. The Kier molecular flexibility index (Phi) is 2.84. The van der Waals surface area contributed by atoms with Crippen LogP contribution in [0.3, 0.4) is 0 Å². The molecule has 5 nitrogen and oxygen atoms in total. The molecular weight excluding hydrogens is 242 g/mol. The first-order valence-electron chi connectivity index (χ1n) is 6.11. The third-order valence-corrected chi connectivity index (χ3v) is 3.06. The highest BCUT2D eigenvalue weighted by atomic mass is 16.5. The minimum atomic E-state index is 0.414. The van der Waals surface area contributed by atoms with Crippen LogP contribution in [0.4, 0.5) is 0 Å². The monoisotopic (exact) mass is 255 g/mol. The molecule has 2 aromatic rings. The minimum absolute atomic E-state index is 0.414. The molecule has 19 heavy (non-hydrogen) atoms. The van der Waals surface area contributed by atoms with Gasteiger partial charge in [-0.15, -0.1) is 0 Å². The first-order valence-corrected chi connectivity index (χ1v) is 6.11. The van der Waals surface area contributed by atoms with E-state index in [4.69, 9.17) is 14.7 Å². The second-order valence-electron chi connectivity index (χ2n) is 4.38. The number of nitrogens with zero attached hydrogens (tertiary/aromatic N) is 3. The van der Waals surface area contributed by atoms with Gasteiger partial charge in [0.05, 0.1) is 25.2 Å². The zero-order chi connectivity index (χ0) is 13.2. The van der Waals surface area contributed by atoms with E-state index < -0.39 is 0 Å². The van der Waals surface area contributed by atoms with Crippen molar-refractivity contribution in [3.05, 3.63) is 30.2 Å². The summed E-state index contributed by atoms with van der Waals surface area (Å²) in [5.74, 6) is 1.47. The van der Waals surface area contributed by atoms with Gasteiger partial charge < -0.3 is 14.0 Å². The Labute approximate surface area is 111 Å². The van der Waals surface area contributed by atoms with Crippen LogP contribution in [0.1, 0.15) is 12.1 Å². The lowest BCUT2D eigenvalue weighted by atomic mass is 10.1. The van der Waals surface area contributed by atoms with Crippen molar-refractivity contribution in [1.82, 2.24) is 9.55 Å². The number of hydrogen-bond acceptors (Lipinski definition) is 4. The van der Waals surface area contributed by atoms with Gasteiger partial charge in [0.2, 0.25) is 0 Å². The van der Waals surface area contributed by atoms with Crippen LogP contribution in [0.2, 0.25) is 0 Å². The zero-order valence-corrected chi connectivity index (χ0v) is 10.6. The molecule has 1 aliphatic rings. The van der Waals surface area contributed by atoms with E-state index >= 15 is 0 Å². The van der Waals surface area contributed by atoms with Crippen molar-refractivity contribution in [3.63, 3.8) is 0 Å². The molecule has 96 valence electrons. The van der Waals surface area contributed by atoms with Crippen LogP contribution in [0.5, 0.6) is 11.5 Å². The van der Waals surface area contributed by atoms with E-state index in [-0.39, 0.29) is 0 Å². The molecule has 0 atom stereocenters. The normalized spacial score (nSPS) is 13.7. The van der Waals surface area contributed by atoms with Crippen molar-refractivity contribution in [2.75, 3.05) is 13.2 Å². The van der Waals surface area contributed by atoms with Crippen LogP contribution in [0.25, 0.3) is 11.3 Å². The van der Waals surface area contributed by atoms with Crippen LogP contribution in [-0.4, -0.2) is 22.8 Å². The second kappa shape index (κ2) is 4.65. The molecular formula is C14H13N3O2. The molecule has 0 spiro atoms. The summed E-state index contributed by atoms with van der Waals surface area (Å²) in [6.45, 7) is 1.31. The predicted molar refractivity (Wildman–Crippen MR) is 69.0 cm³/mol. The Balaban J connectivity index is 2.09. The molecule has 0 fully saturated rings. The lowest BCUT2D eigenvalue weighted by molar-refractivity contribution is 0.297. The Morgan fingerprint density at radius 1 is 1.26 bits per heavy atom. The van der Waals surface area contributed by atoms with E-state index in [9.17, 15) is 0 Å². The van der Waals surface area contributed by atoms with Gasteiger partial charge in [0.25, 0.3) is 0 Å². The summed E-state index contributed by atoms with van der Waals surface area (Å²) in [5, 5.41) is 9.09. The third kappa shape index (κ3) is 2.02. The minimum Gasteiger partial charge on any atom is -0.490 e. The van der Waals surface area contributed by atoms with Crippen molar-refractivity contribution in [1.29, 1.82) is 5.26 Å². The third-order valence-electron chi connectivity index (χ3n) is 3.06. The summed E-state index contributed by atoms with van der Waals surface area (Å²) in [7, 11) is 1.87. The molecule has 0 unspecified atom stereocenters. The zero-order valence-electron chi connectivity index (χ0n) is 10.6. The maximum atomic E-state index is 9.09. The summed E-state index contributed by atoms with van der Waals surface area (Å²) in [5.41, 5.74) is 2.11. The summed E-state index contributed by atoms with van der Waals surface area (Å²) in [6, 6.07) is 7.81. The van der Waals surface area contributed by atoms with E-state index in [1.807, 2.05) is 29.8 Å². The van der Waals surface area contributed by atoms with Gasteiger partial charge in [-0.1, -0.05) is 0 Å². The molecule has 0 amide bonds. The van der Waals surface area contributed by atoms with Crippen molar-refractivity contribution >= 4 is 0 Å². The van der Waals surface area contributed by atoms with Crippen LogP contribution in [0.15, 0.2) is 24.5 Å². The van der Waals surface area contributed by atoms with E-state index in [1.54, 1.807) is 6.33 Å². The average Bonchev–Trinajstić information content (AvgIpc) is 2.66. The van der Waals surface area contributed by atoms with E-state index in [0.29, 0.717) is 18.9 Å². The van der Waals surface area contributed by atoms with Gasteiger partial charge in [0.1, 0.15) is 6.07 Å². The van der Waals surface area contributed by atoms with Gasteiger partial charge in [-0.3, -0.25) is 0 Å². The molecule has 0 aliphatic carbocycles. The number of aryl methyl sites for hydroxylation is 1. The SMILES string of the molecule is Cn1cnc(C#N)c1-c1ccc2c(c1)OCCCO2. The Morgan fingerprint density at radius 2 is 2.05 bits per heavy atom. The van der Waals surface area contributed by atoms with Gasteiger partial charge in [-0.25, -0.2) is 4.98 Å².